The molecule has 0 aliphatic heterocycles. The number of nitrogens with one attached hydrogen (secondary N) is 1. The average molecular weight is 341 g/mol. The van der Waals surface area contributed by atoms with Crippen molar-refractivity contribution in [3.63, 3.8) is 0 Å². The SMILES string of the molecule is CCN(Cc1cccc(C)c1)C(=O)c1sc(-c2ncn[nH]2)nc1C. The highest BCUT2D eigenvalue weighted by Crippen LogP contribution is 2.26. The molecule has 0 aliphatic rings. The van der Waals surface area contributed by atoms with Gasteiger partial charge >= 0.3 is 0 Å². The molecule has 3 rings (SSSR count). The van der Waals surface area contributed by atoms with Crippen LogP contribution in [0.25, 0.3) is 10.8 Å². The van der Waals surface area contributed by atoms with Crippen molar-refractivity contribution in [2.75, 3.05) is 6.54 Å². The zero-order chi connectivity index (χ0) is 17.1. The smallest absolute Gasteiger partial charge is 0.266 e. The second kappa shape index (κ2) is 6.92. The van der Waals surface area contributed by atoms with E-state index in [0.717, 1.165) is 11.3 Å². The van der Waals surface area contributed by atoms with Gasteiger partial charge in [-0.15, -0.1) is 11.3 Å². The van der Waals surface area contributed by atoms with Crippen LogP contribution >= 0.6 is 11.3 Å². The number of rotatable bonds is 5. The van der Waals surface area contributed by atoms with E-state index < -0.39 is 0 Å². The van der Waals surface area contributed by atoms with Crippen LogP contribution < -0.4 is 0 Å². The fourth-order valence-electron chi connectivity index (χ4n) is 2.51. The first-order valence-electron chi connectivity index (χ1n) is 7.76. The summed E-state index contributed by atoms with van der Waals surface area (Å²) in [5.74, 6) is 0.587. The number of aromatic amines is 1. The highest BCUT2D eigenvalue weighted by molar-refractivity contribution is 7.17. The second-order valence-corrected chi connectivity index (χ2v) is 6.58. The van der Waals surface area contributed by atoms with Gasteiger partial charge in [0.1, 0.15) is 11.2 Å². The Bertz CT molecular complexity index is 841. The minimum absolute atomic E-state index is 0.000212. The first-order chi connectivity index (χ1) is 11.6. The molecular weight excluding hydrogens is 322 g/mol. The number of thiazole rings is 1. The Kier molecular flexibility index (Phi) is 4.71. The molecule has 0 aliphatic carbocycles. The monoisotopic (exact) mass is 341 g/mol. The lowest BCUT2D eigenvalue weighted by Crippen LogP contribution is -2.30. The minimum atomic E-state index is -0.000212. The van der Waals surface area contributed by atoms with E-state index in [1.165, 1.54) is 23.2 Å². The van der Waals surface area contributed by atoms with Gasteiger partial charge < -0.3 is 4.90 Å². The lowest BCUT2D eigenvalue weighted by Gasteiger charge is -2.20. The first-order valence-corrected chi connectivity index (χ1v) is 8.58. The van der Waals surface area contributed by atoms with Gasteiger partial charge in [-0.05, 0) is 26.3 Å². The third kappa shape index (κ3) is 3.35. The number of hydrogen-bond donors (Lipinski definition) is 1. The summed E-state index contributed by atoms with van der Waals surface area (Å²) in [6, 6.07) is 8.22. The molecule has 3 aromatic rings. The number of H-pyrrole nitrogens is 1. The Morgan fingerprint density at radius 1 is 1.33 bits per heavy atom. The number of amides is 1. The molecule has 6 nitrogen and oxygen atoms in total. The van der Waals surface area contributed by atoms with Crippen molar-refractivity contribution in [3.05, 3.63) is 52.3 Å². The van der Waals surface area contributed by atoms with Crippen LogP contribution in [-0.2, 0) is 6.54 Å². The number of benzene rings is 1. The van der Waals surface area contributed by atoms with Gasteiger partial charge in [0.2, 0.25) is 0 Å². The van der Waals surface area contributed by atoms with Gasteiger partial charge in [0.05, 0.1) is 5.69 Å². The van der Waals surface area contributed by atoms with Crippen LogP contribution in [0.15, 0.2) is 30.6 Å². The quantitative estimate of drug-likeness (QED) is 0.773. The van der Waals surface area contributed by atoms with Crippen LogP contribution in [0.3, 0.4) is 0 Å². The molecular formula is C17H19N5OS. The lowest BCUT2D eigenvalue weighted by atomic mass is 10.1. The van der Waals surface area contributed by atoms with Crippen LogP contribution in [0.5, 0.6) is 0 Å². The maximum atomic E-state index is 12.9. The Morgan fingerprint density at radius 3 is 2.83 bits per heavy atom. The van der Waals surface area contributed by atoms with E-state index in [9.17, 15) is 4.79 Å². The summed E-state index contributed by atoms with van der Waals surface area (Å²) < 4.78 is 0. The normalized spacial score (nSPS) is 10.8. The number of carbonyl (C=O) groups excluding carboxylic acids is 1. The average Bonchev–Trinajstić information content (AvgIpc) is 3.21. The largest absolute Gasteiger partial charge is 0.334 e. The number of aromatic nitrogens is 4. The van der Waals surface area contributed by atoms with E-state index in [1.807, 2.05) is 30.9 Å². The lowest BCUT2D eigenvalue weighted by molar-refractivity contribution is 0.0756. The molecule has 0 unspecified atom stereocenters. The molecule has 124 valence electrons. The van der Waals surface area contributed by atoms with E-state index in [0.29, 0.717) is 28.8 Å². The van der Waals surface area contributed by atoms with Gasteiger partial charge in [-0.25, -0.2) is 9.97 Å². The summed E-state index contributed by atoms with van der Waals surface area (Å²) in [7, 11) is 0. The van der Waals surface area contributed by atoms with E-state index in [4.69, 9.17) is 0 Å². The van der Waals surface area contributed by atoms with Gasteiger partial charge in [-0.1, -0.05) is 29.8 Å². The van der Waals surface area contributed by atoms with Crippen LogP contribution in [0.2, 0.25) is 0 Å². The van der Waals surface area contributed by atoms with Crippen LogP contribution in [-0.4, -0.2) is 37.5 Å². The fraction of sp³-hybridized carbons (Fsp3) is 0.294. The zero-order valence-corrected chi connectivity index (χ0v) is 14.7. The standard InChI is InChI=1S/C17H19N5OS/c1-4-22(9-13-7-5-6-11(2)8-13)17(23)14-12(3)20-16(24-14)15-18-10-19-21-15/h5-8,10H,4,9H2,1-3H3,(H,18,19,21). The predicted molar refractivity (Wildman–Crippen MR) is 93.8 cm³/mol. The van der Waals surface area contributed by atoms with E-state index in [1.54, 1.807) is 0 Å². The summed E-state index contributed by atoms with van der Waals surface area (Å²) in [4.78, 5) is 23.9. The maximum Gasteiger partial charge on any atom is 0.266 e. The highest BCUT2D eigenvalue weighted by atomic mass is 32.1. The van der Waals surface area contributed by atoms with Crippen LogP contribution in [0, 0.1) is 13.8 Å². The first kappa shape index (κ1) is 16.3. The Hall–Kier alpha value is -2.54. The predicted octanol–water partition coefficient (Wildman–Crippen LogP) is 3.21. The fourth-order valence-corrected chi connectivity index (χ4v) is 3.49. The van der Waals surface area contributed by atoms with Crippen molar-refractivity contribution in [3.8, 4) is 10.8 Å². The number of aryl methyl sites for hydroxylation is 2. The van der Waals surface area contributed by atoms with Crippen molar-refractivity contribution < 1.29 is 4.79 Å². The van der Waals surface area contributed by atoms with E-state index >= 15 is 0 Å². The summed E-state index contributed by atoms with van der Waals surface area (Å²) in [5, 5.41) is 7.30. The van der Waals surface area contributed by atoms with Gasteiger partial charge in [0.15, 0.2) is 10.8 Å². The molecule has 0 radical (unpaired) electrons. The van der Waals surface area contributed by atoms with E-state index in [2.05, 4.69) is 39.2 Å². The van der Waals surface area contributed by atoms with Gasteiger partial charge in [-0.3, -0.25) is 9.89 Å². The highest BCUT2D eigenvalue weighted by Gasteiger charge is 2.22. The summed E-state index contributed by atoms with van der Waals surface area (Å²) in [6.45, 7) is 7.12. The van der Waals surface area contributed by atoms with Crippen molar-refractivity contribution in [2.45, 2.75) is 27.3 Å². The molecule has 0 saturated heterocycles. The summed E-state index contributed by atoms with van der Waals surface area (Å²) >= 11 is 1.35. The summed E-state index contributed by atoms with van der Waals surface area (Å²) in [5.41, 5.74) is 3.04. The summed E-state index contributed by atoms with van der Waals surface area (Å²) in [6.07, 6.45) is 1.43. The molecule has 24 heavy (non-hydrogen) atoms. The van der Waals surface area contributed by atoms with Crippen LogP contribution in [0.4, 0.5) is 0 Å². The Balaban J connectivity index is 1.84. The number of nitrogens with zero attached hydrogens (tertiary/aromatic N) is 4. The molecule has 1 N–H and O–H groups in total. The zero-order valence-electron chi connectivity index (χ0n) is 13.9. The second-order valence-electron chi connectivity index (χ2n) is 5.58. The minimum Gasteiger partial charge on any atom is -0.334 e. The Morgan fingerprint density at radius 2 is 2.17 bits per heavy atom. The Labute approximate surface area is 144 Å². The third-order valence-electron chi connectivity index (χ3n) is 3.73. The number of carbonyl (C=O) groups is 1. The molecule has 0 spiro atoms. The molecule has 1 amide bonds. The molecule has 0 atom stereocenters. The molecule has 0 saturated carbocycles. The van der Waals surface area contributed by atoms with Gasteiger partial charge in [0.25, 0.3) is 5.91 Å². The van der Waals surface area contributed by atoms with Crippen molar-refractivity contribution in [2.24, 2.45) is 0 Å². The van der Waals surface area contributed by atoms with Crippen LogP contribution in [0.1, 0.15) is 33.4 Å². The van der Waals surface area contributed by atoms with Crippen molar-refractivity contribution in [1.29, 1.82) is 0 Å². The van der Waals surface area contributed by atoms with Gasteiger partial charge in [-0.2, -0.15) is 5.10 Å². The van der Waals surface area contributed by atoms with Crippen molar-refractivity contribution in [1.82, 2.24) is 25.1 Å². The third-order valence-corrected chi connectivity index (χ3v) is 4.89. The molecule has 7 heteroatoms. The van der Waals surface area contributed by atoms with E-state index in [-0.39, 0.29) is 5.91 Å². The van der Waals surface area contributed by atoms with Gasteiger partial charge in [0, 0.05) is 13.1 Å². The topological polar surface area (TPSA) is 74.8 Å². The molecule has 2 aromatic heterocycles. The maximum absolute atomic E-state index is 12.9. The molecule has 0 bridgehead atoms. The molecule has 1 aromatic carbocycles. The molecule has 2 heterocycles. The molecule has 0 fully saturated rings. The number of hydrogen-bond acceptors (Lipinski definition) is 5. The van der Waals surface area contributed by atoms with Crippen molar-refractivity contribution >= 4 is 17.2 Å².